The number of anilines is 1. The SMILES string of the molecule is Cc1cc(C)c(-c2ccc(SCC(=O)Nc3cccc(Cl)c3)nn2)cc1C. The smallest absolute Gasteiger partial charge is 0.234 e. The fourth-order valence-electron chi connectivity index (χ4n) is 2.68. The van der Waals surface area contributed by atoms with Crippen LogP contribution >= 0.6 is 23.4 Å². The van der Waals surface area contributed by atoms with Crippen LogP contribution in [-0.4, -0.2) is 21.9 Å². The lowest BCUT2D eigenvalue weighted by Crippen LogP contribution is -2.14. The van der Waals surface area contributed by atoms with Crippen molar-refractivity contribution in [3.8, 4) is 11.3 Å². The molecular weight excluding hydrogens is 378 g/mol. The van der Waals surface area contributed by atoms with E-state index in [4.69, 9.17) is 11.6 Å². The molecule has 4 nitrogen and oxygen atoms in total. The third-order valence-corrected chi connectivity index (χ3v) is 5.37. The molecule has 0 aliphatic heterocycles. The monoisotopic (exact) mass is 397 g/mol. The minimum atomic E-state index is -0.113. The van der Waals surface area contributed by atoms with E-state index in [0.717, 1.165) is 11.3 Å². The summed E-state index contributed by atoms with van der Waals surface area (Å²) in [5.41, 5.74) is 6.27. The number of nitrogens with zero attached hydrogens (tertiary/aromatic N) is 2. The van der Waals surface area contributed by atoms with E-state index in [9.17, 15) is 4.79 Å². The van der Waals surface area contributed by atoms with Crippen LogP contribution in [0.2, 0.25) is 5.02 Å². The Bertz CT molecular complexity index is 974. The lowest BCUT2D eigenvalue weighted by atomic mass is 9.99. The number of rotatable bonds is 5. The van der Waals surface area contributed by atoms with Crippen LogP contribution in [0.15, 0.2) is 53.6 Å². The first-order valence-corrected chi connectivity index (χ1v) is 9.89. The largest absolute Gasteiger partial charge is 0.325 e. The second-order valence-electron chi connectivity index (χ2n) is 6.36. The van der Waals surface area contributed by atoms with Gasteiger partial charge in [0.25, 0.3) is 0 Å². The predicted octanol–water partition coefficient (Wildman–Crippen LogP) is 5.45. The molecule has 0 atom stereocenters. The average Bonchev–Trinajstić information content (AvgIpc) is 2.63. The zero-order chi connectivity index (χ0) is 19.4. The third-order valence-electron chi connectivity index (χ3n) is 4.22. The van der Waals surface area contributed by atoms with Gasteiger partial charge in [-0.3, -0.25) is 4.79 Å². The highest BCUT2D eigenvalue weighted by Crippen LogP contribution is 2.26. The molecule has 0 aliphatic carbocycles. The van der Waals surface area contributed by atoms with E-state index < -0.39 is 0 Å². The maximum atomic E-state index is 12.1. The molecule has 138 valence electrons. The van der Waals surface area contributed by atoms with E-state index in [2.05, 4.69) is 48.4 Å². The van der Waals surface area contributed by atoms with Crippen LogP contribution in [0.25, 0.3) is 11.3 Å². The lowest BCUT2D eigenvalue weighted by Gasteiger charge is -2.09. The van der Waals surface area contributed by atoms with Crippen LogP contribution in [0.3, 0.4) is 0 Å². The Morgan fingerprint density at radius 2 is 1.78 bits per heavy atom. The first-order chi connectivity index (χ1) is 12.9. The number of hydrogen-bond donors (Lipinski definition) is 1. The number of benzene rings is 2. The summed E-state index contributed by atoms with van der Waals surface area (Å²) in [5, 5.41) is 12.7. The second-order valence-corrected chi connectivity index (χ2v) is 7.79. The number of aryl methyl sites for hydroxylation is 3. The van der Waals surface area contributed by atoms with E-state index in [-0.39, 0.29) is 11.7 Å². The Balaban J connectivity index is 1.62. The highest BCUT2D eigenvalue weighted by molar-refractivity contribution is 7.99. The molecule has 6 heteroatoms. The first kappa shape index (κ1) is 19.4. The van der Waals surface area contributed by atoms with Crippen LogP contribution < -0.4 is 5.32 Å². The molecule has 3 aromatic rings. The molecule has 1 N–H and O–H groups in total. The van der Waals surface area contributed by atoms with Crippen LogP contribution in [0.4, 0.5) is 5.69 Å². The lowest BCUT2D eigenvalue weighted by molar-refractivity contribution is -0.113. The number of aromatic nitrogens is 2. The summed E-state index contributed by atoms with van der Waals surface area (Å²) in [4.78, 5) is 12.1. The summed E-state index contributed by atoms with van der Waals surface area (Å²) in [5.74, 6) is 0.140. The number of thioether (sulfide) groups is 1. The van der Waals surface area contributed by atoms with Gasteiger partial charge in [0, 0.05) is 16.3 Å². The van der Waals surface area contributed by atoms with Gasteiger partial charge in [0.2, 0.25) is 5.91 Å². The van der Waals surface area contributed by atoms with E-state index in [0.29, 0.717) is 15.7 Å². The Labute approximate surface area is 168 Å². The molecule has 1 aromatic heterocycles. The molecule has 0 saturated heterocycles. The fraction of sp³-hybridized carbons (Fsp3) is 0.190. The molecule has 0 unspecified atom stereocenters. The van der Waals surface area contributed by atoms with E-state index in [1.807, 2.05) is 12.1 Å². The van der Waals surface area contributed by atoms with Gasteiger partial charge in [-0.2, -0.15) is 0 Å². The van der Waals surface area contributed by atoms with Gasteiger partial charge in [0.1, 0.15) is 5.03 Å². The second kappa shape index (κ2) is 8.55. The van der Waals surface area contributed by atoms with Gasteiger partial charge in [0.05, 0.1) is 11.4 Å². The van der Waals surface area contributed by atoms with Crippen LogP contribution in [0, 0.1) is 20.8 Å². The maximum absolute atomic E-state index is 12.1. The number of amides is 1. The van der Waals surface area contributed by atoms with Gasteiger partial charge >= 0.3 is 0 Å². The quantitative estimate of drug-likeness (QED) is 0.581. The summed E-state index contributed by atoms with van der Waals surface area (Å²) >= 11 is 7.27. The van der Waals surface area contributed by atoms with Crippen LogP contribution in [0.5, 0.6) is 0 Å². The molecule has 3 rings (SSSR count). The molecule has 2 aromatic carbocycles. The van der Waals surface area contributed by atoms with Gasteiger partial charge in [0.15, 0.2) is 0 Å². The molecule has 0 saturated carbocycles. The van der Waals surface area contributed by atoms with E-state index in [1.165, 1.54) is 28.5 Å². The first-order valence-electron chi connectivity index (χ1n) is 8.52. The highest BCUT2D eigenvalue weighted by atomic mass is 35.5. The zero-order valence-electron chi connectivity index (χ0n) is 15.4. The summed E-state index contributed by atoms with van der Waals surface area (Å²) in [6, 6.07) is 15.2. The molecule has 0 spiro atoms. The predicted molar refractivity (Wildman–Crippen MR) is 112 cm³/mol. The van der Waals surface area contributed by atoms with Crippen molar-refractivity contribution in [1.82, 2.24) is 10.2 Å². The summed E-state index contributed by atoms with van der Waals surface area (Å²) in [6.45, 7) is 6.27. The molecule has 0 radical (unpaired) electrons. The number of carbonyl (C=O) groups is 1. The topological polar surface area (TPSA) is 54.9 Å². The Kier molecular flexibility index (Phi) is 6.14. The maximum Gasteiger partial charge on any atom is 0.234 e. The van der Waals surface area contributed by atoms with Crippen LogP contribution in [-0.2, 0) is 4.79 Å². The van der Waals surface area contributed by atoms with Gasteiger partial charge < -0.3 is 5.32 Å². The Morgan fingerprint density at radius 3 is 2.48 bits per heavy atom. The summed E-state index contributed by atoms with van der Waals surface area (Å²) in [6.07, 6.45) is 0. The molecule has 0 bridgehead atoms. The number of halogens is 1. The van der Waals surface area contributed by atoms with Crippen molar-refractivity contribution < 1.29 is 4.79 Å². The van der Waals surface area contributed by atoms with Crippen LogP contribution in [0.1, 0.15) is 16.7 Å². The summed E-state index contributed by atoms with van der Waals surface area (Å²) < 4.78 is 0. The summed E-state index contributed by atoms with van der Waals surface area (Å²) in [7, 11) is 0. The van der Waals surface area contributed by atoms with Crippen molar-refractivity contribution in [2.45, 2.75) is 25.8 Å². The fourth-order valence-corrected chi connectivity index (χ4v) is 3.48. The molecule has 0 aliphatic rings. The zero-order valence-corrected chi connectivity index (χ0v) is 17.0. The van der Waals surface area contributed by atoms with Crippen molar-refractivity contribution in [3.05, 3.63) is 70.2 Å². The number of hydrogen-bond acceptors (Lipinski definition) is 4. The van der Waals surface area contributed by atoms with Gasteiger partial charge in [-0.05, 0) is 73.9 Å². The molecule has 1 heterocycles. The highest BCUT2D eigenvalue weighted by Gasteiger charge is 2.09. The van der Waals surface area contributed by atoms with Crippen molar-refractivity contribution in [3.63, 3.8) is 0 Å². The number of carbonyl (C=O) groups excluding carboxylic acids is 1. The Hall–Kier alpha value is -2.37. The van der Waals surface area contributed by atoms with Crippen molar-refractivity contribution >= 4 is 35.0 Å². The van der Waals surface area contributed by atoms with E-state index >= 15 is 0 Å². The molecule has 1 amide bonds. The third kappa shape index (κ3) is 5.08. The minimum Gasteiger partial charge on any atom is -0.325 e. The molecule has 27 heavy (non-hydrogen) atoms. The van der Waals surface area contributed by atoms with Gasteiger partial charge in [-0.1, -0.05) is 35.5 Å². The average molecular weight is 398 g/mol. The normalized spacial score (nSPS) is 10.7. The van der Waals surface area contributed by atoms with Crippen molar-refractivity contribution in [1.29, 1.82) is 0 Å². The standard InChI is InChI=1S/C21H20ClN3OS/c1-13-9-15(3)18(10-14(13)2)19-7-8-21(25-24-19)27-12-20(26)23-17-6-4-5-16(22)11-17/h4-11H,12H2,1-3H3,(H,23,26). The van der Waals surface area contributed by atoms with Crippen molar-refractivity contribution in [2.24, 2.45) is 0 Å². The van der Waals surface area contributed by atoms with Gasteiger partial charge in [-0.25, -0.2) is 0 Å². The number of nitrogens with one attached hydrogen (secondary N) is 1. The molecule has 0 fully saturated rings. The molecular formula is C21H20ClN3OS. The van der Waals surface area contributed by atoms with Gasteiger partial charge in [-0.15, -0.1) is 10.2 Å². The minimum absolute atomic E-state index is 0.113. The van der Waals surface area contributed by atoms with Crippen molar-refractivity contribution in [2.75, 3.05) is 11.1 Å². The Morgan fingerprint density at radius 1 is 1.00 bits per heavy atom. The van der Waals surface area contributed by atoms with E-state index in [1.54, 1.807) is 24.3 Å².